The van der Waals surface area contributed by atoms with E-state index < -0.39 is 0 Å². The van der Waals surface area contributed by atoms with Crippen LogP contribution in [0.2, 0.25) is 0 Å². The molecule has 0 radical (unpaired) electrons. The van der Waals surface area contributed by atoms with E-state index in [1.54, 1.807) is 12.4 Å². The molecule has 2 aliphatic rings. The number of aromatic nitrogens is 2. The van der Waals surface area contributed by atoms with Crippen molar-refractivity contribution in [3.8, 4) is 0 Å². The van der Waals surface area contributed by atoms with E-state index in [2.05, 4.69) is 50.2 Å². The Balaban J connectivity index is 1.30. The number of aryl methyl sites for hydroxylation is 1. The molecule has 1 amide bonds. The molecule has 29 heavy (non-hydrogen) atoms. The highest BCUT2D eigenvalue weighted by atomic mass is 32.2. The Morgan fingerprint density at radius 1 is 1.14 bits per heavy atom. The van der Waals surface area contributed by atoms with E-state index in [4.69, 9.17) is 0 Å². The van der Waals surface area contributed by atoms with Gasteiger partial charge in [-0.3, -0.25) is 9.69 Å². The number of nitrogens with one attached hydrogen (secondary N) is 1. The summed E-state index contributed by atoms with van der Waals surface area (Å²) in [6, 6.07) is 8.25. The lowest BCUT2D eigenvalue weighted by Gasteiger charge is -2.31. The number of hydrogen-bond donors (Lipinski definition) is 1. The van der Waals surface area contributed by atoms with Crippen molar-refractivity contribution >= 4 is 29.3 Å². The molecular weight excluding hydrogens is 382 g/mol. The Morgan fingerprint density at radius 2 is 1.86 bits per heavy atom. The number of benzene rings is 1. The summed E-state index contributed by atoms with van der Waals surface area (Å²) in [6.07, 6.45) is 5.18. The molecule has 2 aliphatic heterocycles. The summed E-state index contributed by atoms with van der Waals surface area (Å²) in [5.41, 5.74) is 3.39. The van der Waals surface area contributed by atoms with Crippen molar-refractivity contribution in [3.05, 3.63) is 47.8 Å². The summed E-state index contributed by atoms with van der Waals surface area (Å²) in [5.74, 6) is 3.37. The van der Waals surface area contributed by atoms with Crippen molar-refractivity contribution in [2.75, 3.05) is 47.9 Å². The lowest BCUT2D eigenvalue weighted by atomic mass is 9.95. The zero-order valence-corrected chi connectivity index (χ0v) is 17.8. The first kappa shape index (κ1) is 20.2. The van der Waals surface area contributed by atoms with E-state index in [9.17, 15) is 4.79 Å². The maximum atomic E-state index is 12.8. The molecule has 2 fully saturated rings. The first-order valence-electron chi connectivity index (χ1n) is 10.4. The Kier molecular flexibility index (Phi) is 6.67. The van der Waals surface area contributed by atoms with Crippen LogP contribution in [0.3, 0.4) is 0 Å². The third-order valence-corrected chi connectivity index (χ3v) is 6.70. The SMILES string of the molecule is Cc1cc(CN2CCSCC2)ccc1NC(=O)C1CCN(c2ncccn2)CC1. The number of nitrogens with zero attached hydrogens (tertiary/aromatic N) is 4. The zero-order valence-electron chi connectivity index (χ0n) is 17.0. The monoisotopic (exact) mass is 411 g/mol. The van der Waals surface area contributed by atoms with Gasteiger partial charge in [-0.25, -0.2) is 9.97 Å². The summed E-state index contributed by atoms with van der Waals surface area (Å²) in [5, 5.41) is 3.16. The molecule has 0 unspecified atom stereocenters. The number of carbonyl (C=O) groups excluding carboxylic acids is 1. The second kappa shape index (κ2) is 9.59. The molecule has 2 aromatic rings. The van der Waals surface area contributed by atoms with E-state index in [-0.39, 0.29) is 11.8 Å². The molecule has 7 heteroatoms. The normalized spacial score (nSPS) is 18.6. The molecule has 0 saturated carbocycles. The summed E-state index contributed by atoms with van der Waals surface area (Å²) < 4.78 is 0. The highest BCUT2D eigenvalue weighted by Gasteiger charge is 2.26. The Bertz CT molecular complexity index is 817. The minimum Gasteiger partial charge on any atom is -0.341 e. The van der Waals surface area contributed by atoms with Crippen molar-refractivity contribution in [1.29, 1.82) is 0 Å². The van der Waals surface area contributed by atoms with Crippen molar-refractivity contribution in [2.45, 2.75) is 26.3 Å². The predicted octanol–water partition coefficient (Wildman–Crippen LogP) is 3.19. The average Bonchev–Trinajstić information content (AvgIpc) is 2.77. The van der Waals surface area contributed by atoms with Crippen LogP contribution < -0.4 is 10.2 Å². The third-order valence-electron chi connectivity index (χ3n) is 5.76. The van der Waals surface area contributed by atoms with Crippen LogP contribution in [0, 0.1) is 12.8 Å². The largest absolute Gasteiger partial charge is 0.341 e. The van der Waals surface area contributed by atoms with E-state index in [0.29, 0.717) is 0 Å². The molecule has 1 aromatic heterocycles. The Labute approximate surface area is 177 Å². The second-order valence-electron chi connectivity index (χ2n) is 7.84. The fourth-order valence-corrected chi connectivity index (χ4v) is 4.99. The number of piperidine rings is 1. The van der Waals surface area contributed by atoms with Crippen LogP contribution in [-0.2, 0) is 11.3 Å². The quantitative estimate of drug-likeness (QED) is 0.815. The summed E-state index contributed by atoms with van der Waals surface area (Å²) in [7, 11) is 0. The van der Waals surface area contributed by atoms with Gasteiger partial charge in [-0.1, -0.05) is 12.1 Å². The van der Waals surface area contributed by atoms with Crippen molar-refractivity contribution < 1.29 is 4.79 Å². The van der Waals surface area contributed by atoms with E-state index >= 15 is 0 Å². The summed E-state index contributed by atoms with van der Waals surface area (Å²) >= 11 is 2.03. The number of anilines is 2. The molecule has 3 heterocycles. The molecule has 1 aromatic carbocycles. The van der Waals surface area contributed by atoms with Gasteiger partial charge in [0, 0.05) is 68.2 Å². The molecule has 0 spiro atoms. The molecular formula is C22H29N5OS. The van der Waals surface area contributed by atoms with Crippen LogP contribution in [0.25, 0.3) is 0 Å². The van der Waals surface area contributed by atoms with Gasteiger partial charge in [0.15, 0.2) is 0 Å². The first-order valence-corrected chi connectivity index (χ1v) is 11.6. The summed E-state index contributed by atoms with van der Waals surface area (Å²) in [6.45, 7) is 7.03. The number of rotatable bonds is 5. The van der Waals surface area contributed by atoms with Gasteiger partial charge in [0.2, 0.25) is 11.9 Å². The minimum atomic E-state index is 0.0416. The molecule has 0 bridgehead atoms. The molecule has 6 nitrogen and oxygen atoms in total. The van der Waals surface area contributed by atoms with Crippen LogP contribution >= 0.6 is 11.8 Å². The third kappa shape index (κ3) is 5.28. The van der Waals surface area contributed by atoms with Crippen LogP contribution in [0.1, 0.15) is 24.0 Å². The lowest BCUT2D eigenvalue weighted by molar-refractivity contribution is -0.120. The van der Waals surface area contributed by atoms with Crippen molar-refractivity contribution in [1.82, 2.24) is 14.9 Å². The number of hydrogen-bond acceptors (Lipinski definition) is 6. The molecule has 1 N–H and O–H groups in total. The maximum Gasteiger partial charge on any atom is 0.227 e. The molecule has 4 rings (SSSR count). The van der Waals surface area contributed by atoms with Gasteiger partial charge in [0.25, 0.3) is 0 Å². The van der Waals surface area contributed by atoms with E-state index in [1.165, 1.54) is 17.1 Å². The Hall–Kier alpha value is -2.12. The fraction of sp³-hybridized carbons (Fsp3) is 0.500. The van der Waals surface area contributed by atoms with E-state index in [0.717, 1.165) is 62.8 Å². The molecule has 2 saturated heterocycles. The number of carbonyl (C=O) groups is 1. The highest BCUT2D eigenvalue weighted by molar-refractivity contribution is 7.99. The topological polar surface area (TPSA) is 61.4 Å². The Morgan fingerprint density at radius 3 is 2.55 bits per heavy atom. The lowest BCUT2D eigenvalue weighted by Crippen LogP contribution is -2.39. The standard InChI is InChI=1S/C22H29N5OS/c1-17-15-18(16-26-11-13-29-14-12-26)3-4-20(17)25-21(28)19-5-9-27(10-6-19)22-23-7-2-8-24-22/h2-4,7-8,15,19H,5-6,9-14,16H2,1H3,(H,25,28). The van der Waals surface area contributed by atoms with Crippen LogP contribution in [0.15, 0.2) is 36.7 Å². The van der Waals surface area contributed by atoms with E-state index in [1.807, 2.05) is 17.8 Å². The van der Waals surface area contributed by atoms with Gasteiger partial charge < -0.3 is 10.2 Å². The predicted molar refractivity (Wildman–Crippen MR) is 119 cm³/mol. The molecule has 154 valence electrons. The molecule has 0 aliphatic carbocycles. The van der Waals surface area contributed by atoms with Gasteiger partial charge in [0.1, 0.15) is 0 Å². The minimum absolute atomic E-state index is 0.0416. The number of thioether (sulfide) groups is 1. The van der Waals surface area contributed by atoms with Gasteiger partial charge in [-0.05, 0) is 43.0 Å². The second-order valence-corrected chi connectivity index (χ2v) is 9.06. The highest BCUT2D eigenvalue weighted by Crippen LogP contribution is 2.24. The van der Waals surface area contributed by atoms with Gasteiger partial charge >= 0.3 is 0 Å². The first-order chi connectivity index (χ1) is 14.2. The average molecular weight is 412 g/mol. The zero-order chi connectivity index (χ0) is 20.1. The maximum absolute atomic E-state index is 12.8. The van der Waals surface area contributed by atoms with Gasteiger partial charge in [-0.2, -0.15) is 11.8 Å². The van der Waals surface area contributed by atoms with Crippen LogP contribution in [0.4, 0.5) is 11.6 Å². The van der Waals surface area contributed by atoms with Gasteiger partial charge in [0.05, 0.1) is 0 Å². The summed E-state index contributed by atoms with van der Waals surface area (Å²) in [4.78, 5) is 26.1. The van der Waals surface area contributed by atoms with Gasteiger partial charge in [-0.15, -0.1) is 0 Å². The van der Waals surface area contributed by atoms with Crippen molar-refractivity contribution in [3.63, 3.8) is 0 Å². The fourth-order valence-electron chi connectivity index (χ4n) is 4.01. The van der Waals surface area contributed by atoms with Crippen molar-refractivity contribution in [2.24, 2.45) is 5.92 Å². The molecule has 0 atom stereocenters. The van der Waals surface area contributed by atoms with Crippen LogP contribution in [-0.4, -0.2) is 58.5 Å². The smallest absolute Gasteiger partial charge is 0.227 e. The van der Waals surface area contributed by atoms with Crippen LogP contribution in [0.5, 0.6) is 0 Å². The number of amides is 1.